The molecule has 0 aliphatic heterocycles. The molecule has 1 aromatic carbocycles. The zero-order valence-corrected chi connectivity index (χ0v) is 8.94. The summed E-state index contributed by atoms with van der Waals surface area (Å²) in [7, 11) is 0. The van der Waals surface area contributed by atoms with Gasteiger partial charge >= 0.3 is 0 Å². The lowest BCUT2D eigenvalue weighted by Crippen LogP contribution is -2.10. The summed E-state index contributed by atoms with van der Waals surface area (Å²) in [5.74, 6) is 0.752. The molecule has 0 heterocycles. The van der Waals surface area contributed by atoms with Gasteiger partial charge in [-0.3, -0.25) is 0 Å². The zero-order valence-electron chi connectivity index (χ0n) is 8.13. The van der Waals surface area contributed by atoms with E-state index in [4.69, 9.17) is 4.74 Å². The number of thiocarbonyl (C=S) groups is 1. The van der Waals surface area contributed by atoms with Crippen molar-refractivity contribution in [1.82, 2.24) is 0 Å². The third-order valence-electron chi connectivity index (χ3n) is 1.86. The number of rotatable bonds is 2. The third-order valence-corrected chi connectivity index (χ3v) is 1.94. The molecule has 0 atom stereocenters. The second-order valence-corrected chi connectivity index (χ2v) is 4.13. The average molecular weight is 193 g/mol. The Balaban J connectivity index is 2.98. The van der Waals surface area contributed by atoms with Crippen LogP contribution in [0.1, 0.15) is 26.3 Å². The quantitative estimate of drug-likeness (QED) is 0.667. The highest BCUT2D eigenvalue weighted by molar-refractivity contribution is 7.78. The summed E-state index contributed by atoms with van der Waals surface area (Å²) in [6.45, 7) is 6.48. The summed E-state index contributed by atoms with van der Waals surface area (Å²) >= 11 is 4.50. The summed E-state index contributed by atoms with van der Waals surface area (Å²) in [5, 5.41) is 0. The molecule has 1 nitrogen and oxygen atoms in total. The molecule has 0 fully saturated rings. The molecule has 0 bridgehead atoms. The fraction of sp³-hybridized carbons (Fsp3) is 0.364. The fourth-order valence-electron chi connectivity index (χ4n) is 1.07. The first-order valence-corrected chi connectivity index (χ1v) is 4.59. The van der Waals surface area contributed by atoms with E-state index in [-0.39, 0.29) is 5.41 Å². The highest BCUT2D eigenvalue weighted by Crippen LogP contribution is 2.25. The number of hydrogen-bond acceptors (Lipinski definition) is 2. The largest absolute Gasteiger partial charge is 0.441 e. The highest BCUT2D eigenvalue weighted by Gasteiger charge is 2.13. The van der Waals surface area contributed by atoms with Crippen molar-refractivity contribution in [2.45, 2.75) is 26.2 Å². The minimum atomic E-state index is 0.140. The van der Waals surface area contributed by atoms with Crippen LogP contribution >= 0.6 is 12.2 Å². The van der Waals surface area contributed by atoms with Crippen molar-refractivity contribution in [3.05, 3.63) is 29.8 Å². The van der Waals surface area contributed by atoms with Gasteiger partial charge in [0.2, 0.25) is 5.55 Å². The van der Waals surface area contributed by atoms with Crippen molar-refractivity contribution in [3.8, 4) is 5.75 Å². The van der Waals surface area contributed by atoms with E-state index in [2.05, 4.69) is 44.6 Å². The van der Waals surface area contributed by atoms with Gasteiger partial charge < -0.3 is 4.74 Å². The van der Waals surface area contributed by atoms with Crippen LogP contribution in [-0.4, -0.2) is 5.55 Å². The molecule has 13 heavy (non-hydrogen) atoms. The van der Waals surface area contributed by atoms with E-state index in [0.717, 1.165) is 5.75 Å². The molecule has 69 valence electrons. The molecule has 0 saturated carbocycles. The van der Waals surface area contributed by atoms with Crippen molar-refractivity contribution >= 4 is 17.8 Å². The van der Waals surface area contributed by atoms with Crippen LogP contribution in [0.2, 0.25) is 0 Å². The number of hydrogen-bond donors (Lipinski definition) is 0. The SMILES string of the molecule is CC(C)(C)c1cccc(O[C]=S)c1. The molecule has 0 unspecified atom stereocenters. The van der Waals surface area contributed by atoms with Gasteiger partial charge in [0, 0.05) is 0 Å². The molecule has 0 aliphatic carbocycles. The van der Waals surface area contributed by atoms with Gasteiger partial charge in [-0.15, -0.1) is 0 Å². The van der Waals surface area contributed by atoms with Gasteiger partial charge in [0.05, 0.1) is 0 Å². The predicted octanol–water partition coefficient (Wildman–Crippen LogP) is 3.20. The molecular formula is C11H13OS. The van der Waals surface area contributed by atoms with E-state index >= 15 is 0 Å². The van der Waals surface area contributed by atoms with Gasteiger partial charge in [0.1, 0.15) is 5.75 Å². The summed E-state index contributed by atoms with van der Waals surface area (Å²) < 4.78 is 5.01. The Hall–Kier alpha value is -0.890. The van der Waals surface area contributed by atoms with Crippen LogP contribution in [0, 0.1) is 0 Å². The Morgan fingerprint density at radius 2 is 2.00 bits per heavy atom. The summed E-state index contributed by atoms with van der Waals surface area (Å²) in [6.07, 6.45) is 0. The predicted molar refractivity (Wildman–Crippen MR) is 58.4 cm³/mol. The second-order valence-electron chi connectivity index (χ2n) is 3.96. The molecule has 0 spiro atoms. The van der Waals surface area contributed by atoms with Gasteiger partial charge in [0.25, 0.3) is 0 Å². The summed E-state index contributed by atoms with van der Waals surface area (Å²) in [4.78, 5) is 0. The van der Waals surface area contributed by atoms with Crippen LogP contribution in [0.4, 0.5) is 0 Å². The maximum absolute atomic E-state index is 5.01. The minimum absolute atomic E-state index is 0.140. The highest BCUT2D eigenvalue weighted by atomic mass is 32.1. The van der Waals surface area contributed by atoms with Gasteiger partial charge in [0.15, 0.2) is 0 Å². The molecule has 1 aromatic rings. The van der Waals surface area contributed by atoms with Crippen LogP contribution < -0.4 is 4.74 Å². The van der Waals surface area contributed by atoms with E-state index in [1.807, 2.05) is 18.2 Å². The molecule has 1 rings (SSSR count). The van der Waals surface area contributed by atoms with Crippen molar-refractivity contribution in [1.29, 1.82) is 0 Å². The van der Waals surface area contributed by atoms with Gasteiger partial charge in [-0.05, 0) is 35.3 Å². The molecule has 0 N–H and O–H groups in total. The van der Waals surface area contributed by atoms with Gasteiger partial charge in [-0.2, -0.15) is 0 Å². The van der Waals surface area contributed by atoms with E-state index in [1.54, 1.807) is 0 Å². The Morgan fingerprint density at radius 3 is 2.54 bits per heavy atom. The Morgan fingerprint density at radius 1 is 1.31 bits per heavy atom. The molecule has 0 aromatic heterocycles. The summed E-state index contributed by atoms with van der Waals surface area (Å²) in [5.41, 5.74) is 3.62. The molecule has 2 heteroatoms. The van der Waals surface area contributed by atoms with Crippen molar-refractivity contribution in [2.75, 3.05) is 0 Å². The van der Waals surface area contributed by atoms with Crippen LogP contribution in [0.3, 0.4) is 0 Å². The normalized spacial score (nSPS) is 11.0. The van der Waals surface area contributed by atoms with Gasteiger partial charge in [-0.25, -0.2) is 0 Å². The van der Waals surface area contributed by atoms with Gasteiger partial charge in [-0.1, -0.05) is 32.9 Å². The smallest absolute Gasteiger partial charge is 0.245 e. The molecule has 0 aliphatic rings. The minimum Gasteiger partial charge on any atom is -0.441 e. The molecule has 0 saturated heterocycles. The lowest BCUT2D eigenvalue weighted by atomic mass is 9.87. The van der Waals surface area contributed by atoms with E-state index in [1.165, 1.54) is 5.56 Å². The maximum Gasteiger partial charge on any atom is 0.245 e. The fourth-order valence-corrected chi connectivity index (χ4v) is 1.17. The van der Waals surface area contributed by atoms with E-state index in [0.29, 0.717) is 0 Å². The number of ether oxygens (including phenoxy) is 1. The average Bonchev–Trinajstić information content (AvgIpc) is 2.04. The van der Waals surface area contributed by atoms with Crippen LogP contribution in [0.25, 0.3) is 0 Å². The molecular weight excluding hydrogens is 180 g/mol. The lowest BCUT2D eigenvalue weighted by Gasteiger charge is -2.19. The number of benzene rings is 1. The molecule has 0 amide bonds. The van der Waals surface area contributed by atoms with Crippen molar-refractivity contribution in [3.63, 3.8) is 0 Å². The second kappa shape index (κ2) is 3.88. The van der Waals surface area contributed by atoms with E-state index < -0.39 is 0 Å². The van der Waals surface area contributed by atoms with Crippen molar-refractivity contribution in [2.24, 2.45) is 0 Å². The van der Waals surface area contributed by atoms with Crippen LogP contribution in [-0.2, 0) is 5.41 Å². The summed E-state index contributed by atoms with van der Waals surface area (Å²) in [6, 6.07) is 7.90. The standard InChI is InChI=1S/C11H13OS/c1-11(2,3)9-5-4-6-10(7-9)12-8-13/h4-7H,1-3H3. The molecule has 1 radical (unpaired) electrons. The first-order chi connectivity index (χ1) is 6.04. The maximum atomic E-state index is 5.01. The lowest BCUT2D eigenvalue weighted by molar-refractivity contribution is 0.563. The van der Waals surface area contributed by atoms with E-state index in [9.17, 15) is 0 Å². The van der Waals surface area contributed by atoms with Crippen LogP contribution in [0.15, 0.2) is 24.3 Å². The Bertz CT molecular complexity index is 299. The third kappa shape index (κ3) is 2.81. The van der Waals surface area contributed by atoms with Crippen LogP contribution in [0.5, 0.6) is 5.75 Å². The first kappa shape index (κ1) is 10.2. The topological polar surface area (TPSA) is 9.23 Å². The Labute approximate surface area is 84.7 Å². The zero-order chi connectivity index (χ0) is 9.90. The first-order valence-electron chi connectivity index (χ1n) is 4.18. The Kier molecular flexibility index (Phi) is 3.04. The van der Waals surface area contributed by atoms with Crippen molar-refractivity contribution < 1.29 is 4.74 Å². The monoisotopic (exact) mass is 193 g/mol.